The molecule has 146 valence electrons. The predicted octanol–water partition coefficient (Wildman–Crippen LogP) is 3.72. The molecule has 2 heterocycles. The minimum atomic E-state index is 0.518. The van der Waals surface area contributed by atoms with E-state index in [-0.39, 0.29) is 0 Å². The summed E-state index contributed by atoms with van der Waals surface area (Å²) in [5.41, 5.74) is 2.57. The van der Waals surface area contributed by atoms with Crippen molar-refractivity contribution in [1.82, 2.24) is 20.2 Å². The Bertz CT molecular complexity index is 862. The van der Waals surface area contributed by atoms with Gasteiger partial charge in [0, 0.05) is 12.6 Å². The Labute approximate surface area is 166 Å². The van der Waals surface area contributed by atoms with Crippen LogP contribution in [0.3, 0.4) is 0 Å². The first-order chi connectivity index (χ1) is 13.8. The molecule has 28 heavy (non-hydrogen) atoms. The molecule has 1 aliphatic rings. The van der Waals surface area contributed by atoms with Gasteiger partial charge in [-0.25, -0.2) is 4.68 Å². The molecule has 0 amide bonds. The highest BCUT2D eigenvalue weighted by Gasteiger charge is 2.28. The van der Waals surface area contributed by atoms with Gasteiger partial charge < -0.3 is 9.64 Å². The molecule has 1 aromatic heterocycles. The van der Waals surface area contributed by atoms with Gasteiger partial charge in [-0.15, -0.1) is 0 Å². The third-order valence-corrected chi connectivity index (χ3v) is 5.48. The summed E-state index contributed by atoms with van der Waals surface area (Å²) in [5, 5.41) is 12.5. The fraction of sp³-hybridized carbons (Fsp3) is 0.409. The van der Waals surface area contributed by atoms with E-state index in [0.717, 1.165) is 30.2 Å². The summed E-state index contributed by atoms with van der Waals surface area (Å²) in [6.07, 6.45) is 5.90. The SMILES string of the molecule is COc1ccc(Cn2nnnc2N2CCCC2CCCc2ccccc2)cc1. The summed E-state index contributed by atoms with van der Waals surface area (Å²) in [5.74, 6) is 1.75. The van der Waals surface area contributed by atoms with E-state index < -0.39 is 0 Å². The number of ether oxygens (including phenoxy) is 1. The lowest BCUT2D eigenvalue weighted by molar-refractivity contribution is 0.414. The molecule has 0 N–H and O–H groups in total. The molecule has 1 aliphatic heterocycles. The minimum Gasteiger partial charge on any atom is -0.497 e. The zero-order valence-corrected chi connectivity index (χ0v) is 16.4. The predicted molar refractivity (Wildman–Crippen MR) is 110 cm³/mol. The molecular formula is C22H27N5O. The maximum Gasteiger partial charge on any atom is 0.246 e. The molecule has 0 spiro atoms. The van der Waals surface area contributed by atoms with E-state index in [9.17, 15) is 0 Å². The van der Waals surface area contributed by atoms with Crippen LogP contribution in [0.25, 0.3) is 0 Å². The summed E-state index contributed by atoms with van der Waals surface area (Å²) in [7, 11) is 1.68. The first kappa shape index (κ1) is 18.5. The van der Waals surface area contributed by atoms with Gasteiger partial charge in [-0.05, 0) is 65.8 Å². The average Bonchev–Trinajstić information content (AvgIpc) is 3.38. The highest BCUT2D eigenvalue weighted by atomic mass is 16.5. The number of hydrogen-bond acceptors (Lipinski definition) is 5. The maximum absolute atomic E-state index is 5.24. The van der Waals surface area contributed by atoms with Crippen LogP contribution in [0.2, 0.25) is 0 Å². The van der Waals surface area contributed by atoms with Gasteiger partial charge in [0.2, 0.25) is 5.95 Å². The van der Waals surface area contributed by atoms with Crippen LogP contribution in [0, 0.1) is 0 Å². The first-order valence-corrected chi connectivity index (χ1v) is 10.0. The van der Waals surface area contributed by atoms with Crippen LogP contribution in [0.4, 0.5) is 5.95 Å². The molecule has 1 atom stereocenters. The first-order valence-electron chi connectivity index (χ1n) is 10.0. The molecule has 0 saturated carbocycles. The summed E-state index contributed by atoms with van der Waals surface area (Å²) in [6, 6.07) is 19.3. The van der Waals surface area contributed by atoms with Crippen LogP contribution in [-0.4, -0.2) is 39.9 Å². The van der Waals surface area contributed by atoms with Gasteiger partial charge in [0.25, 0.3) is 0 Å². The lowest BCUT2D eigenvalue weighted by Gasteiger charge is -2.25. The number of methoxy groups -OCH3 is 1. The smallest absolute Gasteiger partial charge is 0.246 e. The highest BCUT2D eigenvalue weighted by Crippen LogP contribution is 2.27. The van der Waals surface area contributed by atoms with Crippen molar-refractivity contribution in [3.05, 3.63) is 65.7 Å². The molecule has 4 rings (SSSR count). The Kier molecular flexibility index (Phi) is 5.85. The summed E-state index contributed by atoms with van der Waals surface area (Å²) < 4.78 is 7.15. The number of anilines is 1. The van der Waals surface area contributed by atoms with Crippen LogP contribution in [0.15, 0.2) is 54.6 Å². The second-order valence-electron chi connectivity index (χ2n) is 7.35. The lowest BCUT2D eigenvalue weighted by Crippen LogP contribution is -2.32. The van der Waals surface area contributed by atoms with E-state index in [0.29, 0.717) is 12.6 Å². The van der Waals surface area contributed by atoms with E-state index in [1.54, 1.807) is 7.11 Å². The molecule has 3 aromatic rings. The van der Waals surface area contributed by atoms with Crippen LogP contribution < -0.4 is 9.64 Å². The van der Waals surface area contributed by atoms with Crippen molar-refractivity contribution in [3.8, 4) is 5.75 Å². The standard InChI is InChI=1S/C22H27N5O/c1-28-21-14-12-19(13-15-21)17-27-22(23-24-25-27)26-16-6-11-20(26)10-5-9-18-7-3-2-4-8-18/h2-4,7-8,12-15,20H,5-6,9-11,16-17H2,1H3. The number of aryl methyl sites for hydroxylation is 1. The third-order valence-electron chi connectivity index (χ3n) is 5.48. The van der Waals surface area contributed by atoms with E-state index in [1.807, 2.05) is 16.8 Å². The fourth-order valence-electron chi connectivity index (χ4n) is 4.00. The lowest BCUT2D eigenvalue weighted by atomic mass is 10.0. The largest absolute Gasteiger partial charge is 0.497 e. The quantitative estimate of drug-likeness (QED) is 0.599. The number of aromatic nitrogens is 4. The zero-order valence-electron chi connectivity index (χ0n) is 16.4. The average molecular weight is 377 g/mol. The number of hydrogen-bond donors (Lipinski definition) is 0. The van der Waals surface area contributed by atoms with Gasteiger partial charge in [0.05, 0.1) is 13.7 Å². The second kappa shape index (κ2) is 8.87. The Hall–Kier alpha value is -2.89. The van der Waals surface area contributed by atoms with Crippen molar-refractivity contribution in [3.63, 3.8) is 0 Å². The fourth-order valence-corrected chi connectivity index (χ4v) is 4.00. The highest BCUT2D eigenvalue weighted by molar-refractivity contribution is 5.34. The van der Waals surface area contributed by atoms with Crippen LogP contribution in [0.1, 0.15) is 36.8 Å². The van der Waals surface area contributed by atoms with Crippen LogP contribution in [0.5, 0.6) is 5.75 Å². The van der Waals surface area contributed by atoms with Gasteiger partial charge >= 0.3 is 0 Å². The number of benzene rings is 2. The summed E-state index contributed by atoms with van der Waals surface area (Å²) >= 11 is 0. The number of tetrazole rings is 1. The van der Waals surface area contributed by atoms with Gasteiger partial charge in [-0.2, -0.15) is 0 Å². The molecule has 1 fully saturated rings. The minimum absolute atomic E-state index is 0.518. The van der Waals surface area contributed by atoms with E-state index in [2.05, 4.69) is 62.9 Å². The Morgan fingerprint density at radius 3 is 2.64 bits per heavy atom. The van der Waals surface area contributed by atoms with Crippen molar-refractivity contribution in [2.75, 3.05) is 18.6 Å². The van der Waals surface area contributed by atoms with Crippen LogP contribution >= 0.6 is 0 Å². The Morgan fingerprint density at radius 1 is 1.04 bits per heavy atom. The zero-order chi connectivity index (χ0) is 19.2. The Morgan fingerprint density at radius 2 is 1.86 bits per heavy atom. The number of rotatable bonds is 8. The normalized spacial score (nSPS) is 16.5. The van der Waals surface area contributed by atoms with Gasteiger partial charge in [0.15, 0.2) is 0 Å². The van der Waals surface area contributed by atoms with E-state index in [1.165, 1.54) is 31.2 Å². The molecule has 0 aliphatic carbocycles. The Balaban J connectivity index is 1.39. The van der Waals surface area contributed by atoms with E-state index >= 15 is 0 Å². The van der Waals surface area contributed by atoms with Crippen molar-refractivity contribution in [2.24, 2.45) is 0 Å². The van der Waals surface area contributed by atoms with Gasteiger partial charge in [-0.1, -0.05) is 47.6 Å². The summed E-state index contributed by atoms with van der Waals surface area (Å²) in [6.45, 7) is 1.69. The van der Waals surface area contributed by atoms with Crippen molar-refractivity contribution < 1.29 is 4.74 Å². The molecule has 6 nitrogen and oxygen atoms in total. The topological polar surface area (TPSA) is 56.1 Å². The number of nitrogens with zero attached hydrogens (tertiary/aromatic N) is 5. The molecule has 6 heteroatoms. The van der Waals surface area contributed by atoms with E-state index in [4.69, 9.17) is 4.74 Å². The van der Waals surface area contributed by atoms with Crippen molar-refractivity contribution in [1.29, 1.82) is 0 Å². The maximum atomic E-state index is 5.24. The van der Waals surface area contributed by atoms with Gasteiger partial charge in [0.1, 0.15) is 5.75 Å². The molecule has 0 radical (unpaired) electrons. The van der Waals surface area contributed by atoms with Crippen molar-refractivity contribution >= 4 is 5.95 Å². The molecule has 1 saturated heterocycles. The van der Waals surface area contributed by atoms with Crippen molar-refractivity contribution in [2.45, 2.75) is 44.7 Å². The second-order valence-corrected chi connectivity index (χ2v) is 7.35. The molecular weight excluding hydrogens is 350 g/mol. The molecule has 2 aromatic carbocycles. The van der Waals surface area contributed by atoms with Gasteiger partial charge in [-0.3, -0.25) is 0 Å². The third kappa shape index (κ3) is 4.32. The molecule has 0 bridgehead atoms. The van der Waals surface area contributed by atoms with Crippen LogP contribution in [-0.2, 0) is 13.0 Å². The monoisotopic (exact) mass is 377 g/mol. The molecule has 1 unspecified atom stereocenters. The summed E-state index contributed by atoms with van der Waals surface area (Å²) in [4.78, 5) is 2.40.